The van der Waals surface area contributed by atoms with Crippen LogP contribution < -0.4 is 0 Å². The first kappa shape index (κ1) is 17.7. The maximum atomic E-state index is 13.0. The Labute approximate surface area is 150 Å². The van der Waals surface area contributed by atoms with Gasteiger partial charge in [0, 0.05) is 38.8 Å². The first-order chi connectivity index (χ1) is 12.5. The standard InChI is InChI=1S/C19H19FN4O2/c1-23(12-15-3-2-10-21-11-15)19(26)17-8-9-18(25)24(22-17)13-14-4-6-16(20)7-5-14/h2-7,10-11H,8-9,12-13H2,1H3. The van der Waals surface area contributed by atoms with Crippen molar-refractivity contribution in [3.05, 3.63) is 65.7 Å². The van der Waals surface area contributed by atoms with E-state index in [1.807, 2.05) is 12.1 Å². The minimum absolute atomic E-state index is 0.152. The normalized spacial score (nSPS) is 14.2. The van der Waals surface area contributed by atoms with Crippen LogP contribution in [0, 0.1) is 5.82 Å². The van der Waals surface area contributed by atoms with Crippen LogP contribution in [0.4, 0.5) is 4.39 Å². The van der Waals surface area contributed by atoms with Crippen molar-refractivity contribution in [3.8, 4) is 0 Å². The monoisotopic (exact) mass is 354 g/mol. The number of nitrogens with zero attached hydrogens (tertiary/aromatic N) is 4. The van der Waals surface area contributed by atoms with Gasteiger partial charge in [0.1, 0.15) is 11.5 Å². The molecule has 6 nitrogen and oxygen atoms in total. The summed E-state index contributed by atoms with van der Waals surface area (Å²) >= 11 is 0. The summed E-state index contributed by atoms with van der Waals surface area (Å²) in [5.74, 6) is -0.707. The Bertz CT molecular complexity index is 821. The van der Waals surface area contributed by atoms with Crippen LogP contribution in [0.3, 0.4) is 0 Å². The molecular formula is C19H19FN4O2. The lowest BCUT2D eigenvalue weighted by molar-refractivity contribution is -0.132. The van der Waals surface area contributed by atoms with Gasteiger partial charge in [0.05, 0.1) is 6.54 Å². The molecule has 1 aromatic heterocycles. The number of carbonyl (C=O) groups excluding carboxylic acids is 2. The number of pyridine rings is 1. The van der Waals surface area contributed by atoms with E-state index in [-0.39, 0.29) is 30.6 Å². The Balaban J connectivity index is 1.70. The van der Waals surface area contributed by atoms with E-state index in [0.29, 0.717) is 18.7 Å². The Morgan fingerprint density at radius 1 is 1.19 bits per heavy atom. The van der Waals surface area contributed by atoms with Crippen molar-refractivity contribution in [2.45, 2.75) is 25.9 Å². The van der Waals surface area contributed by atoms with Crippen LogP contribution in [0.5, 0.6) is 0 Å². The van der Waals surface area contributed by atoms with Gasteiger partial charge in [-0.15, -0.1) is 0 Å². The molecular weight excluding hydrogens is 335 g/mol. The van der Waals surface area contributed by atoms with Gasteiger partial charge in [-0.1, -0.05) is 18.2 Å². The Hall–Kier alpha value is -3.09. The van der Waals surface area contributed by atoms with Crippen molar-refractivity contribution in [2.75, 3.05) is 7.05 Å². The van der Waals surface area contributed by atoms with Crippen molar-refractivity contribution < 1.29 is 14.0 Å². The quantitative estimate of drug-likeness (QED) is 0.828. The molecule has 0 N–H and O–H groups in total. The highest BCUT2D eigenvalue weighted by molar-refractivity contribution is 6.39. The van der Waals surface area contributed by atoms with Gasteiger partial charge in [-0.2, -0.15) is 5.10 Å². The second-order valence-electron chi connectivity index (χ2n) is 6.15. The molecule has 3 rings (SSSR count). The number of aromatic nitrogens is 1. The van der Waals surface area contributed by atoms with Crippen molar-refractivity contribution in [1.29, 1.82) is 0 Å². The van der Waals surface area contributed by atoms with Gasteiger partial charge in [0.25, 0.3) is 5.91 Å². The molecule has 1 aliphatic heterocycles. The highest BCUT2D eigenvalue weighted by Gasteiger charge is 2.26. The fraction of sp³-hybridized carbons (Fsp3) is 0.263. The highest BCUT2D eigenvalue weighted by atomic mass is 19.1. The van der Waals surface area contributed by atoms with Gasteiger partial charge in [-0.3, -0.25) is 14.6 Å². The maximum Gasteiger partial charge on any atom is 0.270 e. The van der Waals surface area contributed by atoms with Crippen molar-refractivity contribution in [2.24, 2.45) is 5.10 Å². The average Bonchev–Trinajstić information content (AvgIpc) is 2.65. The molecule has 2 aromatic rings. The zero-order chi connectivity index (χ0) is 18.5. The summed E-state index contributed by atoms with van der Waals surface area (Å²) in [6.45, 7) is 0.625. The molecule has 0 aliphatic carbocycles. The molecule has 0 fully saturated rings. The van der Waals surface area contributed by atoms with E-state index in [9.17, 15) is 14.0 Å². The van der Waals surface area contributed by atoms with Gasteiger partial charge in [-0.25, -0.2) is 9.40 Å². The van der Waals surface area contributed by atoms with E-state index in [4.69, 9.17) is 0 Å². The number of hydrazone groups is 1. The molecule has 0 spiro atoms. The van der Waals surface area contributed by atoms with E-state index in [1.165, 1.54) is 17.1 Å². The smallest absolute Gasteiger partial charge is 0.270 e. The third kappa shape index (κ3) is 4.30. The van der Waals surface area contributed by atoms with Crippen LogP contribution in [0.15, 0.2) is 53.9 Å². The first-order valence-electron chi connectivity index (χ1n) is 8.29. The summed E-state index contributed by atoms with van der Waals surface area (Å²) < 4.78 is 13.0. The minimum Gasteiger partial charge on any atom is -0.336 e. The Morgan fingerprint density at radius 3 is 2.65 bits per heavy atom. The summed E-state index contributed by atoms with van der Waals surface area (Å²) in [6, 6.07) is 9.58. The summed E-state index contributed by atoms with van der Waals surface area (Å²) in [6.07, 6.45) is 3.92. The number of carbonyl (C=O) groups is 2. The molecule has 0 unspecified atom stereocenters. The molecule has 26 heavy (non-hydrogen) atoms. The highest BCUT2D eigenvalue weighted by Crippen LogP contribution is 2.15. The fourth-order valence-electron chi connectivity index (χ4n) is 2.70. The summed E-state index contributed by atoms with van der Waals surface area (Å²) in [5, 5.41) is 5.52. The summed E-state index contributed by atoms with van der Waals surface area (Å²) in [4.78, 5) is 30.3. The number of halogens is 1. The molecule has 1 aromatic carbocycles. The third-order valence-electron chi connectivity index (χ3n) is 4.09. The van der Waals surface area contributed by atoms with Gasteiger partial charge >= 0.3 is 0 Å². The van der Waals surface area contributed by atoms with Gasteiger partial charge in [0.2, 0.25) is 5.91 Å². The van der Waals surface area contributed by atoms with Crippen LogP contribution in [0.1, 0.15) is 24.0 Å². The number of hydrogen-bond acceptors (Lipinski definition) is 4. The second-order valence-corrected chi connectivity index (χ2v) is 6.15. The van der Waals surface area contributed by atoms with Crippen LogP contribution >= 0.6 is 0 Å². The van der Waals surface area contributed by atoms with Gasteiger partial charge in [-0.05, 0) is 29.3 Å². The van der Waals surface area contributed by atoms with Crippen LogP contribution in [-0.2, 0) is 22.7 Å². The van der Waals surface area contributed by atoms with Crippen LogP contribution in [0.2, 0.25) is 0 Å². The second kappa shape index (κ2) is 7.86. The first-order valence-corrected chi connectivity index (χ1v) is 8.29. The van der Waals surface area contributed by atoms with Gasteiger partial charge in [0.15, 0.2) is 0 Å². The summed E-state index contributed by atoms with van der Waals surface area (Å²) in [7, 11) is 1.69. The number of amides is 2. The topological polar surface area (TPSA) is 65.9 Å². The predicted octanol–water partition coefficient (Wildman–Crippen LogP) is 2.36. The molecule has 0 saturated heterocycles. The SMILES string of the molecule is CN(Cc1cccnc1)C(=O)C1=NN(Cc2ccc(F)cc2)C(=O)CC1. The number of benzene rings is 1. The number of rotatable bonds is 5. The van der Waals surface area contributed by atoms with Gasteiger partial charge < -0.3 is 4.90 Å². The summed E-state index contributed by atoms with van der Waals surface area (Å²) in [5.41, 5.74) is 2.01. The average molecular weight is 354 g/mol. The molecule has 134 valence electrons. The molecule has 0 atom stereocenters. The maximum absolute atomic E-state index is 13.0. The molecule has 0 radical (unpaired) electrons. The molecule has 0 saturated carbocycles. The molecule has 0 bridgehead atoms. The lowest BCUT2D eigenvalue weighted by atomic mass is 10.1. The largest absolute Gasteiger partial charge is 0.336 e. The third-order valence-corrected chi connectivity index (χ3v) is 4.09. The van der Waals surface area contributed by atoms with E-state index >= 15 is 0 Å². The predicted molar refractivity (Wildman–Crippen MR) is 94.3 cm³/mol. The van der Waals surface area contributed by atoms with E-state index in [0.717, 1.165) is 11.1 Å². The molecule has 2 amide bonds. The van der Waals surface area contributed by atoms with E-state index in [2.05, 4.69) is 10.1 Å². The van der Waals surface area contributed by atoms with Crippen molar-refractivity contribution >= 4 is 17.5 Å². The Morgan fingerprint density at radius 2 is 1.96 bits per heavy atom. The lowest BCUT2D eigenvalue weighted by Gasteiger charge is -2.25. The van der Waals surface area contributed by atoms with Crippen LogP contribution in [0.25, 0.3) is 0 Å². The van der Waals surface area contributed by atoms with E-state index in [1.54, 1.807) is 36.5 Å². The Kier molecular flexibility index (Phi) is 5.36. The zero-order valence-electron chi connectivity index (χ0n) is 14.4. The van der Waals surface area contributed by atoms with Crippen molar-refractivity contribution in [3.63, 3.8) is 0 Å². The zero-order valence-corrected chi connectivity index (χ0v) is 14.4. The molecule has 7 heteroatoms. The van der Waals surface area contributed by atoms with Crippen molar-refractivity contribution in [1.82, 2.24) is 14.9 Å². The fourth-order valence-corrected chi connectivity index (χ4v) is 2.70. The minimum atomic E-state index is -0.338. The molecule has 2 heterocycles. The number of hydrogen-bond donors (Lipinski definition) is 0. The van der Waals surface area contributed by atoms with Crippen LogP contribution in [-0.4, -0.2) is 39.5 Å². The molecule has 1 aliphatic rings. The lowest BCUT2D eigenvalue weighted by Crippen LogP contribution is -2.39. The van der Waals surface area contributed by atoms with E-state index < -0.39 is 0 Å².